The number of anilines is 3. The molecule has 2 heterocycles. The van der Waals surface area contributed by atoms with E-state index in [1.807, 2.05) is 6.07 Å². The normalized spacial score (nSPS) is 11.5. The second-order valence-electron chi connectivity index (χ2n) is 14.5. The average Bonchev–Trinajstić information content (AvgIpc) is 3.82. The van der Waals surface area contributed by atoms with E-state index in [9.17, 15) is 0 Å². The highest BCUT2D eigenvalue weighted by Gasteiger charge is 2.23. The van der Waals surface area contributed by atoms with E-state index in [4.69, 9.17) is 4.42 Å². The maximum atomic E-state index is 6.67. The molecule has 0 aliphatic carbocycles. The third-order valence-electron chi connectivity index (χ3n) is 11.2. The summed E-state index contributed by atoms with van der Waals surface area (Å²) < 4.78 is 9.09. The first-order chi connectivity index (χ1) is 28.3. The fraction of sp³-hybridized carbons (Fsp3) is 0. The molecule has 0 aliphatic heterocycles. The van der Waals surface area contributed by atoms with Gasteiger partial charge in [0.25, 0.3) is 0 Å². The van der Waals surface area contributed by atoms with Gasteiger partial charge in [0, 0.05) is 55.9 Å². The van der Waals surface area contributed by atoms with E-state index in [-0.39, 0.29) is 0 Å². The summed E-state index contributed by atoms with van der Waals surface area (Å²) in [5, 5.41) is 4.67. The molecule has 0 amide bonds. The van der Waals surface area contributed by atoms with Crippen LogP contribution in [0.4, 0.5) is 17.1 Å². The fourth-order valence-corrected chi connectivity index (χ4v) is 8.57. The molecule has 9 aromatic carbocycles. The Morgan fingerprint density at radius 2 is 0.842 bits per heavy atom. The van der Waals surface area contributed by atoms with Gasteiger partial charge < -0.3 is 13.9 Å². The highest BCUT2D eigenvalue weighted by molar-refractivity contribution is 6.27. The van der Waals surface area contributed by atoms with Crippen molar-refractivity contribution in [2.24, 2.45) is 0 Å². The third-order valence-corrected chi connectivity index (χ3v) is 11.2. The zero-order valence-electron chi connectivity index (χ0n) is 31.1. The Kier molecular flexibility index (Phi) is 7.82. The van der Waals surface area contributed by atoms with E-state index >= 15 is 0 Å². The van der Waals surface area contributed by atoms with E-state index in [0.29, 0.717) is 0 Å². The molecule has 0 bridgehead atoms. The average molecular weight is 729 g/mol. The first kappa shape index (κ1) is 32.8. The lowest BCUT2D eigenvalue weighted by Crippen LogP contribution is -2.10. The molecule has 0 saturated heterocycles. The van der Waals surface area contributed by atoms with Gasteiger partial charge in [-0.1, -0.05) is 152 Å². The molecule has 3 heteroatoms. The number of fused-ring (bicyclic) bond motifs is 6. The van der Waals surface area contributed by atoms with E-state index in [0.717, 1.165) is 61.3 Å². The molecule has 0 unspecified atom stereocenters. The predicted octanol–water partition coefficient (Wildman–Crippen LogP) is 15.2. The Labute approximate surface area is 330 Å². The van der Waals surface area contributed by atoms with E-state index in [1.54, 1.807) is 0 Å². The highest BCUT2D eigenvalue weighted by atomic mass is 16.3. The molecule has 0 spiro atoms. The molecule has 268 valence electrons. The topological polar surface area (TPSA) is 21.3 Å². The maximum absolute atomic E-state index is 6.67. The van der Waals surface area contributed by atoms with Crippen molar-refractivity contribution < 1.29 is 4.42 Å². The summed E-state index contributed by atoms with van der Waals surface area (Å²) in [6, 6.07) is 77.9. The molecule has 2 aromatic heterocycles. The van der Waals surface area contributed by atoms with Crippen LogP contribution in [0, 0.1) is 0 Å². The SMILES string of the molecule is c1ccc(-c2ccc(N(c3ccccc3)c3ccc(-n4c5cc(-c6ccccc6)ccc5c5c(-c6ccccc6)c6c(cc54)oc4ccccc46)cc3)cc2)cc1. The van der Waals surface area contributed by atoms with E-state index < -0.39 is 0 Å². The zero-order valence-corrected chi connectivity index (χ0v) is 31.1. The third kappa shape index (κ3) is 5.60. The molecule has 11 aromatic rings. The first-order valence-electron chi connectivity index (χ1n) is 19.4. The van der Waals surface area contributed by atoms with Gasteiger partial charge in [-0.3, -0.25) is 0 Å². The monoisotopic (exact) mass is 728 g/mol. The summed E-state index contributed by atoms with van der Waals surface area (Å²) in [6.07, 6.45) is 0. The number of para-hydroxylation sites is 2. The Morgan fingerprint density at radius 1 is 0.333 bits per heavy atom. The van der Waals surface area contributed by atoms with Crippen LogP contribution in [0.15, 0.2) is 223 Å². The number of aromatic nitrogens is 1. The quantitative estimate of drug-likeness (QED) is 0.163. The molecule has 0 fully saturated rings. The van der Waals surface area contributed by atoms with Crippen molar-refractivity contribution in [1.82, 2.24) is 4.57 Å². The lowest BCUT2D eigenvalue weighted by molar-refractivity contribution is 0.669. The van der Waals surface area contributed by atoms with Crippen molar-refractivity contribution in [3.8, 4) is 39.1 Å². The minimum Gasteiger partial charge on any atom is -0.456 e. The minimum absolute atomic E-state index is 0.876. The lowest BCUT2D eigenvalue weighted by Gasteiger charge is -2.26. The molecule has 11 rings (SSSR count). The summed E-state index contributed by atoms with van der Waals surface area (Å²) in [6.45, 7) is 0. The number of nitrogens with zero attached hydrogens (tertiary/aromatic N) is 2. The molecule has 0 saturated carbocycles. The van der Waals surface area contributed by atoms with Crippen LogP contribution in [-0.2, 0) is 0 Å². The summed E-state index contributed by atoms with van der Waals surface area (Å²) >= 11 is 0. The number of hydrogen-bond donors (Lipinski definition) is 0. The van der Waals surface area contributed by atoms with Crippen molar-refractivity contribution in [2.75, 3.05) is 4.90 Å². The van der Waals surface area contributed by atoms with Crippen molar-refractivity contribution in [3.05, 3.63) is 218 Å². The Bertz CT molecular complexity index is 3180. The molecule has 0 radical (unpaired) electrons. The van der Waals surface area contributed by atoms with Gasteiger partial charge >= 0.3 is 0 Å². The van der Waals surface area contributed by atoms with E-state index in [2.05, 4.69) is 222 Å². The second-order valence-corrected chi connectivity index (χ2v) is 14.5. The number of benzene rings is 9. The molecule has 3 nitrogen and oxygen atoms in total. The minimum atomic E-state index is 0.876. The van der Waals surface area contributed by atoms with Crippen molar-refractivity contribution >= 4 is 60.8 Å². The molecular formula is C54H36N2O. The summed E-state index contributed by atoms with van der Waals surface area (Å²) in [5.74, 6) is 0. The Morgan fingerprint density at radius 3 is 1.51 bits per heavy atom. The lowest BCUT2D eigenvalue weighted by atomic mass is 9.94. The van der Waals surface area contributed by atoms with Gasteiger partial charge in [0.05, 0.1) is 11.0 Å². The summed E-state index contributed by atoms with van der Waals surface area (Å²) in [5.41, 5.74) is 15.5. The molecule has 0 atom stereocenters. The number of rotatable bonds is 7. The number of furan rings is 1. The van der Waals surface area contributed by atoms with Crippen LogP contribution in [0.2, 0.25) is 0 Å². The summed E-state index contributed by atoms with van der Waals surface area (Å²) in [4.78, 5) is 2.32. The Hall–Kier alpha value is -7.62. The standard InChI is InChI=1S/C54H36N2O/c1-5-15-37(16-6-1)39-25-28-43(29-26-39)55(42-21-11-4-12-22-42)44-30-32-45(33-31-44)56-48-35-41(38-17-7-2-8-18-38)27-34-46(48)53-49(56)36-51-54(47-23-13-14-24-50(47)57-51)52(53)40-19-9-3-10-20-40/h1-36H. The largest absolute Gasteiger partial charge is 0.456 e. The van der Waals surface area contributed by atoms with Crippen molar-refractivity contribution in [2.45, 2.75) is 0 Å². The van der Waals surface area contributed by atoms with Gasteiger partial charge in [-0.2, -0.15) is 0 Å². The molecular weight excluding hydrogens is 693 g/mol. The maximum Gasteiger partial charge on any atom is 0.138 e. The van der Waals surface area contributed by atoms with Crippen LogP contribution in [0.3, 0.4) is 0 Å². The van der Waals surface area contributed by atoms with Gasteiger partial charge in [-0.05, 0) is 88.5 Å². The summed E-state index contributed by atoms with van der Waals surface area (Å²) in [7, 11) is 0. The van der Waals surface area contributed by atoms with Crippen molar-refractivity contribution in [1.29, 1.82) is 0 Å². The van der Waals surface area contributed by atoms with Gasteiger partial charge in [-0.15, -0.1) is 0 Å². The van der Waals surface area contributed by atoms with E-state index in [1.165, 1.54) is 38.6 Å². The molecule has 0 aliphatic rings. The zero-order chi connectivity index (χ0) is 37.7. The Balaban J connectivity index is 1.14. The van der Waals surface area contributed by atoms with Crippen LogP contribution in [0.1, 0.15) is 0 Å². The molecule has 57 heavy (non-hydrogen) atoms. The van der Waals surface area contributed by atoms with Gasteiger partial charge in [-0.25, -0.2) is 0 Å². The smallest absolute Gasteiger partial charge is 0.138 e. The second kappa shape index (κ2) is 13.6. The van der Waals surface area contributed by atoms with Crippen LogP contribution in [0.25, 0.3) is 82.8 Å². The predicted molar refractivity (Wildman–Crippen MR) is 239 cm³/mol. The fourth-order valence-electron chi connectivity index (χ4n) is 8.57. The van der Waals surface area contributed by atoms with Gasteiger partial charge in [0.15, 0.2) is 0 Å². The molecule has 0 N–H and O–H groups in total. The first-order valence-corrected chi connectivity index (χ1v) is 19.4. The van der Waals surface area contributed by atoms with Crippen LogP contribution in [-0.4, -0.2) is 4.57 Å². The van der Waals surface area contributed by atoms with Gasteiger partial charge in [0.2, 0.25) is 0 Å². The highest BCUT2D eigenvalue weighted by Crippen LogP contribution is 2.47. The van der Waals surface area contributed by atoms with Crippen LogP contribution < -0.4 is 4.90 Å². The van der Waals surface area contributed by atoms with Crippen molar-refractivity contribution in [3.63, 3.8) is 0 Å². The number of hydrogen-bond acceptors (Lipinski definition) is 2. The van der Waals surface area contributed by atoms with Crippen LogP contribution in [0.5, 0.6) is 0 Å². The van der Waals surface area contributed by atoms with Crippen LogP contribution >= 0.6 is 0 Å². The van der Waals surface area contributed by atoms with Gasteiger partial charge in [0.1, 0.15) is 11.2 Å².